The summed E-state index contributed by atoms with van der Waals surface area (Å²) in [7, 11) is 0. The molecule has 3 nitrogen and oxygen atoms in total. The standard InChI is InChI=1S/C11H15F2NO2/c1-2-16-9-5-3-4-8(11(9)15)6-14-7-10(12)13/h3-5,10,14-15H,2,6-7H2,1H3. The SMILES string of the molecule is CCOc1cccc(CNCC(F)F)c1O. The van der Waals surface area contributed by atoms with E-state index in [1.165, 1.54) is 0 Å². The summed E-state index contributed by atoms with van der Waals surface area (Å²) in [5.74, 6) is 0.380. The van der Waals surface area contributed by atoms with Crippen molar-refractivity contribution in [2.45, 2.75) is 19.9 Å². The van der Waals surface area contributed by atoms with Crippen molar-refractivity contribution in [1.82, 2.24) is 5.32 Å². The third-order valence-electron chi connectivity index (χ3n) is 2.00. The van der Waals surface area contributed by atoms with E-state index in [9.17, 15) is 13.9 Å². The highest BCUT2D eigenvalue weighted by Gasteiger charge is 2.08. The van der Waals surface area contributed by atoms with Crippen LogP contribution in [0.3, 0.4) is 0 Å². The number of phenols is 1. The summed E-state index contributed by atoms with van der Waals surface area (Å²) >= 11 is 0. The lowest BCUT2D eigenvalue weighted by molar-refractivity contribution is 0.145. The Morgan fingerprint density at radius 2 is 2.19 bits per heavy atom. The minimum atomic E-state index is -2.39. The zero-order chi connectivity index (χ0) is 12.0. The molecule has 0 aliphatic heterocycles. The minimum absolute atomic E-state index is 0.00566. The van der Waals surface area contributed by atoms with E-state index >= 15 is 0 Å². The number of rotatable bonds is 6. The fraction of sp³-hybridized carbons (Fsp3) is 0.455. The van der Waals surface area contributed by atoms with Crippen LogP contribution in [0.25, 0.3) is 0 Å². The van der Waals surface area contributed by atoms with E-state index in [1.54, 1.807) is 25.1 Å². The zero-order valence-electron chi connectivity index (χ0n) is 9.04. The Bertz CT molecular complexity index is 332. The number of aromatic hydroxyl groups is 1. The lowest BCUT2D eigenvalue weighted by Gasteiger charge is -2.10. The minimum Gasteiger partial charge on any atom is -0.504 e. The van der Waals surface area contributed by atoms with Crippen LogP contribution >= 0.6 is 0 Å². The molecule has 0 bridgehead atoms. The van der Waals surface area contributed by atoms with Crippen molar-refractivity contribution in [3.8, 4) is 11.5 Å². The van der Waals surface area contributed by atoms with Gasteiger partial charge in [0.15, 0.2) is 11.5 Å². The molecule has 0 unspecified atom stereocenters. The third-order valence-corrected chi connectivity index (χ3v) is 2.00. The summed E-state index contributed by atoms with van der Waals surface area (Å²) in [6, 6.07) is 5.01. The maximum Gasteiger partial charge on any atom is 0.250 e. The first kappa shape index (κ1) is 12.7. The Hall–Kier alpha value is -1.36. The maximum absolute atomic E-state index is 11.9. The quantitative estimate of drug-likeness (QED) is 0.788. The molecule has 0 fully saturated rings. The molecule has 0 amide bonds. The van der Waals surface area contributed by atoms with Crippen LogP contribution in [-0.4, -0.2) is 24.7 Å². The number of halogens is 2. The highest BCUT2D eigenvalue weighted by Crippen LogP contribution is 2.29. The molecule has 1 aromatic rings. The lowest BCUT2D eigenvalue weighted by Crippen LogP contribution is -2.20. The van der Waals surface area contributed by atoms with Crippen molar-refractivity contribution in [3.05, 3.63) is 23.8 Å². The Morgan fingerprint density at radius 1 is 1.44 bits per heavy atom. The van der Waals surface area contributed by atoms with Gasteiger partial charge in [0, 0.05) is 12.1 Å². The van der Waals surface area contributed by atoms with Gasteiger partial charge in [-0.05, 0) is 13.0 Å². The highest BCUT2D eigenvalue weighted by atomic mass is 19.3. The summed E-state index contributed by atoms with van der Waals surface area (Å²) in [5, 5.41) is 12.3. The summed E-state index contributed by atoms with van der Waals surface area (Å²) in [5.41, 5.74) is 0.548. The topological polar surface area (TPSA) is 41.5 Å². The first-order valence-electron chi connectivity index (χ1n) is 5.07. The van der Waals surface area contributed by atoms with E-state index in [0.717, 1.165) is 0 Å². The summed E-state index contributed by atoms with van der Waals surface area (Å²) in [4.78, 5) is 0. The number of nitrogens with one attached hydrogen (secondary N) is 1. The second kappa shape index (κ2) is 6.27. The predicted octanol–water partition coefficient (Wildman–Crippen LogP) is 2.15. The molecule has 0 aliphatic carbocycles. The molecule has 1 aromatic carbocycles. The van der Waals surface area contributed by atoms with Gasteiger partial charge in [0.1, 0.15) is 0 Å². The van der Waals surface area contributed by atoms with Crippen molar-refractivity contribution in [2.75, 3.05) is 13.2 Å². The second-order valence-corrected chi connectivity index (χ2v) is 3.22. The number of alkyl halides is 2. The van der Waals surface area contributed by atoms with Crippen LogP contribution in [0.15, 0.2) is 18.2 Å². The van der Waals surface area contributed by atoms with Crippen LogP contribution in [0.2, 0.25) is 0 Å². The van der Waals surface area contributed by atoms with Crippen LogP contribution < -0.4 is 10.1 Å². The number of benzene rings is 1. The summed E-state index contributed by atoms with van der Waals surface area (Å²) < 4.78 is 29.0. The molecular formula is C11H15F2NO2. The first-order chi connectivity index (χ1) is 7.65. The maximum atomic E-state index is 11.9. The van der Waals surface area contributed by atoms with E-state index in [-0.39, 0.29) is 12.3 Å². The number of hydrogen-bond donors (Lipinski definition) is 2. The van der Waals surface area contributed by atoms with E-state index < -0.39 is 13.0 Å². The number of phenolic OH excluding ortho intramolecular Hbond substituents is 1. The van der Waals surface area contributed by atoms with Gasteiger partial charge in [0.25, 0.3) is 6.43 Å². The number of ether oxygens (including phenoxy) is 1. The van der Waals surface area contributed by atoms with E-state index in [4.69, 9.17) is 4.74 Å². The average Bonchev–Trinajstić information content (AvgIpc) is 2.23. The van der Waals surface area contributed by atoms with Gasteiger partial charge in [-0.2, -0.15) is 0 Å². The van der Waals surface area contributed by atoms with Gasteiger partial charge in [0.05, 0.1) is 13.2 Å². The fourth-order valence-electron chi connectivity index (χ4n) is 1.30. The van der Waals surface area contributed by atoms with Gasteiger partial charge >= 0.3 is 0 Å². The van der Waals surface area contributed by atoms with Crippen LogP contribution in [0.5, 0.6) is 11.5 Å². The van der Waals surface area contributed by atoms with Gasteiger partial charge < -0.3 is 15.2 Å². The largest absolute Gasteiger partial charge is 0.504 e. The van der Waals surface area contributed by atoms with E-state index in [0.29, 0.717) is 17.9 Å². The molecule has 0 saturated carbocycles. The second-order valence-electron chi connectivity index (χ2n) is 3.22. The molecule has 0 heterocycles. The van der Waals surface area contributed by atoms with Crippen LogP contribution in [-0.2, 0) is 6.54 Å². The van der Waals surface area contributed by atoms with Crippen LogP contribution in [0, 0.1) is 0 Å². The zero-order valence-corrected chi connectivity index (χ0v) is 9.04. The molecule has 0 radical (unpaired) electrons. The van der Waals surface area contributed by atoms with Crippen molar-refractivity contribution >= 4 is 0 Å². The lowest BCUT2D eigenvalue weighted by atomic mass is 10.2. The Kier molecular flexibility index (Phi) is 4.98. The number of hydrogen-bond acceptors (Lipinski definition) is 3. The fourth-order valence-corrected chi connectivity index (χ4v) is 1.30. The van der Waals surface area contributed by atoms with Crippen LogP contribution in [0.1, 0.15) is 12.5 Å². The Morgan fingerprint density at radius 3 is 2.81 bits per heavy atom. The van der Waals surface area contributed by atoms with Gasteiger partial charge in [-0.15, -0.1) is 0 Å². The molecule has 0 spiro atoms. The summed E-state index contributed by atoms with van der Waals surface area (Å²) in [6.07, 6.45) is -2.39. The van der Waals surface area contributed by atoms with Gasteiger partial charge in [-0.3, -0.25) is 0 Å². The van der Waals surface area contributed by atoms with Gasteiger partial charge in [-0.25, -0.2) is 8.78 Å². The number of para-hydroxylation sites is 1. The molecule has 0 atom stereocenters. The summed E-state index contributed by atoms with van der Waals surface area (Å²) in [6.45, 7) is 2.05. The van der Waals surface area contributed by atoms with Crippen molar-refractivity contribution < 1.29 is 18.6 Å². The third kappa shape index (κ3) is 3.66. The predicted molar refractivity (Wildman–Crippen MR) is 57.0 cm³/mol. The molecule has 0 aromatic heterocycles. The highest BCUT2D eigenvalue weighted by molar-refractivity contribution is 5.45. The average molecular weight is 231 g/mol. The first-order valence-corrected chi connectivity index (χ1v) is 5.07. The molecule has 90 valence electrons. The monoisotopic (exact) mass is 231 g/mol. The van der Waals surface area contributed by atoms with E-state index in [1.807, 2.05) is 0 Å². The smallest absolute Gasteiger partial charge is 0.250 e. The molecule has 16 heavy (non-hydrogen) atoms. The molecule has 2 N–H and O–H groups in total. The van der Waals surface area contributed by atoms with E-state index in [2.05, 4.69) is 5.32 Å². The Balaban J connectivity index is 2.62. The van der Waals surface area contributed by atoms with Crippen molar-refractivity contribution in [1.29, 1.82) is 0 Å². The normalized spacial score (nSPS) is 10.8. The van der Waals surface area contributed by atoms with Crippen molar-refractivity contribution in [3.63, 3.8) is 0 Å². The van der Waals surface area contributed by atoms with Crippen molar-refractivity contribution in [2.24, 2.45) is 0 Å². The molecule has 0 aliphatic rings. The molecule has 0 saturated heterocycles. The molecule has 5 heteroatoms. The Labute approximate surface area is 93.0 Å². The van der Waals surface area contributed by atoms with Gasteiger partial charge in [0.2, 0.25) is 0 Å². The van der Waals surface area contributed by atoms with Gasteiger partial charge in [-0.1, -0.05) is 12.1 Å². The molecule has 1 rings (SSSR count). The van der Waals surface area contributed by atoms with Crippen LogP contribution in [0.4, 0.5) is 8.78 Å². The molecular weight excluding hydrogens is 216 g/mol.